The monoisotopic (exact) mass is 366 g/mol. The van der Waals surface area contributed by atoms with Crippen LogP contribution in [0, 0.1) is 12.3 Å². The quantitative estimate of drug-likeness (QED) is 0.814. The molecule has 0 atom stereocenters. The van der Waals surface area contributed by atoms with Gasteiger partial charge >= 0.3 is 0 Å². The lowest BCUT2D eigenvalue weighted by atomic mass is 9.77. The van der Waals surface area contributed by atoms with Crippen LogP contribution >= 0.6 is 0 Å². The van der Waals surface area contributed by atoms with Gasteiger partial charge in [-0.05, 0) is 36.9 Å². The van der Waals surface area contributed by atoms with E-state index in [4.69, 9.17) is 4.42 Å². The van der Waals surface area contributed by atoms with E-state index in [2.05, 4.69) is 39.4 Å². The lowest BCUT2D eigenvalue weighted by Crippen LogP contribution is -2.41. The van der Waals surface area contributed by atoms with Crippen LogP contribution in [-0.2, 0) is 11.3 Å². The van der Waals surface area contributed by atoms with Crippen LogP contribution in [0.1, 0.15) is 36.6 Å². The second-order valence-electron chi connectivity index (χ2n) is 7.76. The van der Waals surface area contributed by atoms with E-state index in [9.17, 15) is 4.79 Å². The fourth-order valence-corrected chi connectivity index (χ4v) is 4.14. The van der Waals surface area contributed by atoms with E-state index in [1.54, 1.807) is 0 Å². The number of nitrogens with zero attached hydrogens (tertiary/aromatic N) is 4. The van der Waals surface area contributed by atoms with Crippen molar-refractivity contribution < 1.29 is 9.21 Å². The number of carbonyl (C=O) groups is 1. The number of benzene rings is 1. The van der Waals surface area contributed by atoms with Gasteiger partial charge in [-0.1, -0.05) is 42.5 Å². The van der Waals surface area contributed by atoms with Crippen LogP contribution in [-0.4, -0.2) is 52.1 Å². The predicted molar refractivity (Wildman–Crippen MR) is 103 cm³/mol. The predicted octanol–water partition coefficient (Wildman–Crippen LogP) is 2.91. The standard InChI is InChI=1S/C21H26N4O2/c1-17-22-23-19(27-17)15-24-12-9-21(10-13-24)14-20(26)25(16-21)11-5-8-18-6-3-2-4-7-18/h2-8H,9-16H2,1H3. The minimum absolute atomic E-state index is 0.138. The molecule has 2 saturated heterocycles. The molecule has 4 rings (SSSR count). The summed E-state index contributed by atoms with van der Waals surface area (Å²) in [4.78, 5) is 16.9. The van der Waals surface area contributed by atoms with Gasteiger partial charge in [0.25, 0.3) is 0 Å². The largest absolute Gasteiger partial charge is 0.424 e. The van der Waals surface area contributed by atoms with Crippen LogP contribution in [0.25, 0.3) is 6.08 Å². The van der Waals surface area contributed by atoms with Crippen molar-refractivity contribution in [2.24, 2.45) is 5.41 Å². The first-order valence-corrected chi connectivity index (χ1v) is 9.63. The third kappa shape index (κ3) is 4.27. The molecule has 1 amide bonds. The fourth-order valence-electron chi connectivity index (χ4n) is 4.14. The first kappa shape index (κ1) is 17.9. The number of aromatic nitrogens is 2. The highest BCUT2D eigenvalue weighted by Gasteiger charge is 2.44. The van der Waals surface area contributed by atoms with E-state index in [0.29, 0.717) is 31.3 Å². The number of piperidine rings is 1. The molecule has 27 heavy (non-hydrogen) atoms. The normalized spacial score (nSPS) is 20.2. The van der Waals surface area contributed by atoms with E-state index in [-0.39, 0.29) is 11.3 Å². The second-order valence-corrected chi connectivity index (χ2v) is 7.76. The zero-order valence-corrected chi connectivity index (χ0v) is 15.8. The van der Waals surface area contributed by atoms with Crippen molar-refractivity contribution in [3.8, 4) is 0 Å². The Balaban J connectivity index is 1.29. The number of hydrogen-bond donors (Lipinski definition) is 0. The zero-order valence-electron chi connectivity index (χ0n) is 15.8. The molecule has 2 aliphatic heterocycles. The molecule has 0 saturated carbocycles. The van der Waals surface area contributed by atoms with E-state index in [1.165, 1.54) is 5.56 Å². The highest BCUT2D eigenvalue weighted by Crippen LogP contribution is 2.41. The highest BCUT2D eigenvalue weighted by molar-refractivity contribution is 5.79. The number of aryl methyl sites for hydroxylation is 1. The van der Waals surface area contributed by atoms with Gasteiger partial charge in [0.15, 0.2) is 0 Å². The zero-order chi connectivity index (χ0) is 18.7. The summed E-state index contributed by atoms with van der Waals surface area (Å²) in [5, 5.41) is 7.98. The highest BCUT2D eigenvalue weighted by atomic mass is 16.4. The molecule has 1 aromatic carbocycles. The van der Waals surface area contributed by atoms with E-state index >= 15 is 0 Å². The van der Waals surface area contributed by atoms with Crippen LogP contribution < -0.4 is 0 Å². The second kappa shape index (κ2) is 7.64. The number of rotatable bonds is 5. The van der Waals surface area contributed by atoms with Gasteiger partial charge in [-0.3, -0.25) is 9.69 Å². The molecule has 2 aliphatic rings. The van der Waals surface area contributed by atoms with Crippen molar-refractivity contribution in [3.63, 3.8) is 0 Å². The van der Waals surface area contributed by atoms with Crippen LogP contribution in [0.3, 0.4) is 0 Å². The summed E-state index contributed by atoms with van der Waals surface area (Å²) in [5.41, 5.74) is 1.31. The molecule has 1 aromatic heterocycles. The van der Waals surface area contributed by atoms with Gasteiger partial charge in [-0.2, -0.15) is 0 Å². The van der Waals surface area contributed by atoms with E-state index in [1.807, 2.05) is 30.0 Å². The summed E-state index contributed by atoms with van der Waals surface area (Å²) in [7, 11) is 0. The average molecular weight is 366 g/mol. The van der Waals surface area contributed by atoms with Crippen molar-refractivity contribution in [1.29, 1.82) is 0 Å². The van der Waals surface area contributed by atoms with Crippen molar-refractivity contribution in [2.75, 3.05) is 26.2 Å². The molecule has 0 N–H and O–H groups in total. The molecule has 6 nitrogen and oxygen atoms in total. The smallest absolute Gasteiger partial charge is 0.230 e. The van der Waals surface area contributed by atoms with Gasteiger partial charge in [-0.15, -0.1) is 10.2 Å². The molecule has 0 aliphatic carbocycles. The van der Waals surface area contributed by atoms with Gasteiger partial charge in [0.1, 0.15) is 0 Å². The van der Waals surface area contributed by atoms with Gasteiger partial charge in [0.2, 0.25) is 17.7 Å². The van der Waals surface area contributed by atoms with Crippen LogP contribution in [0.15, 0.2) is 40.8 Å². The molecule has 2 fully saturated rings. The summed E-state index contributed by atoms with van der Waals surface area (Å²) in [6, 6.07) is 10.2. The van der Waals surface area contributed by atoms with Gasteiger partial charge in [0.05, 0.1) is 6.54 Å². The van der Waals surface area contributed by atoms with Gasteiger partial charge < -0.3 is 9.32 Å². The maximum Gasteiger partial charge on any atom is 0.230 e. The molecule has 142 valence electrons. The first-order valence-electron chi connectivity index (χ1n) is 9.63. The Labute approximate surface area is 159 Å². The Morgan fingerprint density at radius 2 is 1.96 bits per heavy atom. The molecule has 3 heterocycles. The summed E-state index contributed by atoms with van der Waals surface area (Å²) in [6.07, 6.45) is 6.96. The molecule has 1 spiro atoms. The molecule has 0 unspecified atom stereocenters. The maximum absolute atomic E-state index is 12.5. The van der Waals surface area contributed by atoms with Gasteiger partial charge in [0, 0.05) is 26.4 Å². The van der Waals surface area contributed by atoms with E-state index in [0.717, 1.165) is 32.5 Å². The number of carbonyl (C=O) groups excluding carboxylic acids is 1. The van der Waals surface area contributed by atoms with Crippen LogP contribution in [0.2, 0.25) is 0 Å². The third-order valence-electron chi connectivity index (χ3n) is 5.68. The Hall–Kier alpha value is -2.47. The number of hydrogen-bond acceptors (Lipinski definition) is 5. The SMILES string of the molecule is Cc1nnc(CN2CCC3(CC2)CC(=O)N(CC=Cc2ccccc2)C3)o1. The Morgan fingerprint density at radius 3 is 2.67 bits per heavy atom. The first-order chi connectivity index (χ1) is 13.1. The van der Waals surface area contributed by atoms with Crippen molar-refractivity contribution in [2.45, 2.75) is 32.7 Å². The summed E-state index contributed by atoms with van der Waals surface area (Å²) in [5.74, 6) is 1.58. The number of amides is 1. The Kier molecular flexibility index (Phi) is 5.07. The van der Waals surface area contributed by atoms with Gasteiger partial charge in [-0.25, -0.2) is 0 Å². The summed E-state index contributed by atoms with van der Waals surface area (Å²) >= 11 is 0. The van der Waals surface area contributed by atoms with Crippen molar-refractivity contribution >= 4 is 12.0 Å². The topological polar surface area (TPSA) is 62.5 Å². The Morgan fingerprint density at radius 1 is 1.19 bits per heavy atom. The maximum atomic E-state index is 12.5. The van der Waals surface area contributed by atoms with E-state index < -0.39 is 0 Å². The average Bonchev–Trinajstić information content (AvgIpc) is 3.21. The fraction of sp³-hybridized carbons (Fsp3) is 0.476. The molecule has 6 heteroatoms. The minimum atomic E-state index is 0.138. The lowest BCUT2D eigenvalue weighted by Gasteiger charge is -2.38. The Bertz CT molecular complexity index is 807. The summed E-state index contributed by atoms with van der Waals surface area (Å²) in [6.45, 7) is 6.03. The van der Waals surface area contributed by atoms with Crippen molar-refractivity contribution in [1.82, 2.24) is 20.0 Å². The molecule has 0 bridgehead atoms. The lowest BCUT2D eigenvalue weighted by molar-refractivity contribution is -0.127. The van der Waals surface area contributed by atoms with Crippen LogP contribution in [0.4, 0.5) is 0 Å². The molecular weight excluding hydrogens is 340 g/mol. The third-order valence-corrected chi connectivity index (χ3v) is 5.68. The minimum Gasteiger partial charge on any atom is -0.424 e. The molecule has 0 radical (unpaired) electrons. The number of likely N-dealkylation sites (tertiary alicyclic amines) is 2. The van der Waals surface area contributed by atoms with Crippen molar-refractivity contribution in [3.05, 3.63) is 53.8 Å². The molecular formula is C21H26N4O2. The summed E-state index contributed by atoms with van der Waals surface area (Å²) < 4.78 is 5.48. The van der Waals surface area contributed by atoms with Crippen LogP contribution in [0.5, 0.6) is 0 Å². The molecule has 2 aromatic rings.